The van der Waals surface area contributed by atoms with Crippen molar-refractivity contribution in [2.45, 2.75) is 37.8 Å². The van der Waals surface area contributed by atoms with Crippen LogP contribution < -0.4 is 16.7 Å². The van der Waals surface area contributed by atoms with Crippen molar-refractivity contribution in [3.63, 3.8) is 0 Å². The van der Waals surface area contributed by atoms with E-state index in [0.29, 0.717) is 59.1 Å². The number of anilines is 2. The number of hydrogen-bond acceptors (Lipinski definition) is 7. The number of likely N-dealkylation sites (N-methyl/N-ethyl adjacent to an activating group) is 1. The third-order valence-electron chi connectivity index (χ3n) is 9.33. The van der Waals surface area contributed by atoms with E-state index in [1.807, 2.05) is 41.3 Å². The van der Waals surface area contributed by atoms with E-state index in [2.05, 4.69) is 27.2 Å². The average Bonchev–Trinajstić information content (AvgIpc) is 3.59. The van der Waals surface area contributed by atoms with E-state index in [1.165, 1.54) is 23.7 Å². The number of likely N-dealkylation sites (tertiary alicyclic amines) is 1. The Kier molecular flexibility index (Phi) is 7.25. The van der Waals surface area contributed by atoms with Crippen LogP contribution in [0.5, 0.6) is 0 Å². The van der Waals surface area contributed by atoms with Gasteiger partial charge in [-0.25, -0.2) is 14.8 Å². The van der Waals surface area contributed by atoms with Gasteiger partial charge in [-0.1, -0.05) is 24.3 Å². The number of nitrogens with two attached hydrogens (primary N) is 1. The highest BCUT2D eigenvalue weighted by atomic mass is 16.2. The molecule has 2 aliphatic carbocycles. The summed E-state index contributed by atoms with van der Waals surface area (Å²) in [4.78, 5) is 52.6. The zero-order chi connectivity index (χ0) is 30.4. The number of imidazole rings is 1. The van der Waals surface area contributed by atoms with E-state index in [4.69, 9.17) is 5.73 Å². The minimum absolute atomic E-state index is 0.0635. The van der Waals surface area contributed by atoms with Crippen LogP contribution in [0, 0.1) is 11.8 Å². The van der Waals surface area contributed by atoms with Crippen molar-refractivity contribution in [1.29, 1.82) is 0 Å². The van der Waals surface area contributed by atoms with Crippen LogP contribution in [0.2, 0.25) is 0 Å². The standard InChI is InChI=1S/C33H36N8O3/c1-38(25-13-14-25)15-5-8-28(42)39-18-22-16-27(17-23(22)19-39)41-31-29(30(34)35-20-36-31)40(33(41)44)26-11-9-21(10-12-26)32(43)37-24-6-3-2-4-7-24/h2-12,20,22-23,25,27H,13-19H2,1H3,(H,37,43)(H2,34,35,36)/b8-5+. The molecular weight excluding hydrogens is 556 g/mol. The molecule has 1 saturated heterocycles. The summed E-state index contributed by atoms with van der Waals surface area (Å²) >= 11 is 0. The Morgan fingerprint density at radius 3 is 2.41 bits per heavy atom. The number of carbonyl (C=O) groups excluding carboxylic acids is 2. The Bertz CT molecular complexity index is 1780. The molecule has 2 unspecified atom stereocenters. The van der Waals surface area contributed by atoms with E-state index >= 15 is 0 Å². The minimum atomic E-state index is -0.244. The van der Waals surface area contributed by atoms with Crippen LogP contribution in [0.3, 0.4) is 0 Å². The van der Waals surface area contributed by atoms with Crippen molar-refractivity contribution in [3.8, 4) is 5.69 Å². The van der Waals surface area contributed by atoms with Gasteiger partial charge in [-0.3, -0.25) is 23.6 Å². The summed E-state index contributed by atoms with van der Waals surface area (Å²) in [5.74, 6) is 0.671. The molecule has 2 saturated carbocycles. The highest BCUT2D eigenvalue weighted by molar-refractivity contribution is 6.04. The Hall–Kier alpha value is -4.77. The second kappa shape index (κ2) is 11.4. The zero-order valence-electron chi connectivity index (χ0n) is 24.7. The van der Waals surface area contributed by atoms with Crippen molar-refractivity contribution >= 4 is 34.5 Å². The van der Waals surface area contributed by atoms with E-state index in [0.717, 1.165) is 19.4 Å². The quantitative estimate of drug-likeness (QED) is 0.300. The van der Waals surface area contributed by atoms with Gasteiger partial charge >= 0.3 is 5.69 Å². The Morgan fingerprint density at radius 2 is 1.73 bits per heavy atom. The van der Waals surface area contributed by atoms with Crippen LogP contribution >= 0.6 is 0 Å². The van der Waals surface area contributed by atoms with Gasteiger partial charge in [0.05, 0.1) is 5.69 Å². The van der Waals surface area contributed by atoms with Crippen molar-refractivity contribution in [1.82, 2.24) is 28.9 Å². The van der Waals surface area contributed by atoms with E-state index < -0.39 is 0 Å². The zero-order valence-corrected chi connectivity index (χ0v) is 24.7. The monoisotopic (exact) mass is 592 g/mol. The number of nitrogens with one attached hydrogen (secondary N) is 1. The maximum atomic E-state index is 14.1. The average molecular weight is 593 g/mol. The summed E-state index contributed by atoms with van der Waals surface area (Å²) in [5, 5.41) is 2.88. The Labute approximate surface area is 255 Å². The van der Waals surface area contributed by atoms with Crippen LogP contribution in [-0.2, 0) is 4.79 Å². The molecule has 44 heavy (non-hydrogen) atoms. The fraction of sp³-hybridized carbons (Fsp3) is 0.364. The normalized spacial score (nSPS) is 21.4. The molecule has 3 N–H and O–H groups in total. The number of nitrogens with zero attached hydrogens (tertiary/aromatic N) is 6. The lowest BCUT2D eigenvalue weighted by Crippen LogP contribution is -2.30. The molecule has 3 aliphatic rings. The maximum absolute atomic E-state index is 14.1. The molecule has 2 aromatic carbocycles. The smallest absolute Gasteiger partial charge is 0.335 e. The third-order valence-corrected chi connectivity index (χ3v) is 9.33. The number of aromatic nitrogens is 4. The van der Waals surface area contributed by atoms with Crippen molar-refractivity contribution in [3.05, 3.63) is 89.1 Å². The summed E-state index contributed by atoms with van der Waals surface area (Å²) in [6.07, 6.45) is 9.13. The lowest BCUT2D eigenvalue weighted by atomic mass is 10.0. The van der Waals surface area contributed by atoms with Crippen LogP contribution in [0.25, 0.3) is 16.9 Å². The van der Waals surface area contributed by atoms with Crippen molar-refractivity contribution < 1.29 is 9.59 Å². The Balaban J connectivity index is 1.09. The van der Waals surface area contributed by atoms with E-state index in [9.17, 15) is 14.4 Å². The SMILES string of the molecule is CN(C/C=C/C(=O)N1CC2CC(n3c(=O)n(-c4ccc(C(=O)Nc5ccccc5)cc4)c4c(N)ncnc43)CC2C1)C1CC1. The topological polar surface area (TPSA) is 131 Å². The number of carbonyl (C=O) groups is 2. The first kappa shape index (κ1) is 28.0. The summed E-state index contributed by atoms with van der Waals surface area (Å²) in [5.41, 5.74) is 8.77. The van der Waals surface area contributed by atoms with Gasteiger partial charge in [0.25, 0.3) is 5.91 Å². The first-order chi connectivity index (χ1) is 21.4. The van der Waals surface area contributed by atoms with E-state index in [1.54, 1.807) is 34.9 Å². The lowest BCUT2D eigenvalue weighted by molar-refractivity contribution is -0.125. The maximum Gasteiger partial charge on any atom is 0.335 e. The van der Waals surface area contributed by atoms with Gasteiger partial charge in [-0.15, -0.1) is 0 Å². The summed E-state index contributed by atoms with van der Waals surface area (Å²) in [7, 11) is 2.10. The molecule has 11 nitrogen and oxygen atoms in total. The first-order valence-corrected chi connectivity index (χ1v) is 15.2. The molecule has 0 spiro atoms. The highest BCUT2D eigenvalue weighted by Gasteiger charge is 2.44. The largest absolute Gasteiger partial charge is 0.382 e. The van der Waals surface area contributed by atoms with Crippen LogP contribution in [0.1, 0.15) is 42.1 Å². The fourth-order valence-corrected chi connectivity index (χ4v) is 6.87. The number of rotatable bonds is 8. The molecule has 0 radical (unpaired) electrons. The van der Waals surface area contributed by atoms with Gasteiger partial charge in [-0.05, 0) is 81.0 Å². The number of nitrogen functional groups attached to an aromatic ring is 1. The summed E-state index contributed by atoms with van der Waals surface area (Å²) in [6.45, 7) is 2.18. The second-order valence-corrected chi connectivity index (χ2v) is 12.2. The summed E-state index contributed by atoms with van der Waals surface area (Å²) < 4.78 is 3.29. The molecule has 1 aliphatic heterocycles. The van der Waals surface area contributed by atoms with E-state index in [-0.39, 0.29) is 29.4 Å². The predicted molar refractivity (Wildman–Crippen MR) is 169 cm³/mol. The molecule has 7 rings (SSSR count). The number of fused-ring (bicyclic) bond motifs is 2. The number of hydrogen-bond donors (Lipinski definition) is 2. The molecule has 226 valence electrons. The molecule has 2 atom stereocenters. The van der Waals surface area contributed by atoms with Gasteiger partial charge in [-0.2, -0.15) is 0 Å². The van der Waals surface area contributed by atoms with Crippen molar-refractivity contribution in [2.24, 2.45) is 11.8 Å². The molecule has 0 bridgehead atoms. The molecule has 3 fully saturated rings. The predicted octanol–water partition coefficient (Wildman–Crippen LogP) is 3.48. The summed E-state index contributed by atoms with van der Waals surface area (Å²) in [6, 6.07) is 16.7. The second-order valence-electron chi connectivity index (χ2n) is 12.2. The Morgan fingerprint density at radius 1 is 1.02 bits per heavy atom. The fourth-order valence-electron chi connectivity index (χ4n) is 6.87. The third kappa shape index (κ3) is 5.28. The van der Waals surface area contributed by atoms with Gasteiger partial charge in [0, 0.05) is 49.0 Å². The number of para-hydroxylation sites is 1. The number of benzene rings is 2. The molecule has 2 amide bonds. The van der Waals surface area contributed by atoms with Crippen LogP contribution in [-0.4, -0.2) is 73.4 Å². The molecular formula is C33H36N8O3. The van der Waals surface area contributed by atoms with Gasteiger partial charge < -0.3 is 16.0 Å². The molecule has 2 aromatic heterocycles. The first-order valence-electron chi connectivity index (χ1n) is 15.2. The molecule has 11 heteroatoms. The van der Waals surface area contributed by atoms with Gasteiger partial charge in [0.15, 0.2) is 11.5 Å². The van der Waals surface area contributed by atoms with Crippen LogP contribution in [0.15, 0.2) is 77.9 Å². The number of amides is 2. The lowest BCUT2D eigenvalue weighted by Gasteiger charge is -2.19. The van der Waals surface area contributed by atoms with Crippen LogP contribution in [0.4, 0.5) is 11.5 Å². The molecule has 3 heterocycles. The van der Waals surface area contributed by atoms with Gasteiger partial charge in [0.1, 0.15) is 11.8 Å². The van der Waals surface area contributed by atoms with Crippen molar-refractivity contribution in [2.75, 3.05) is 37.7 Å². The van der Waals surface area contributed by atoms with Gasteiger partial charge in [0.2, 0.25) is 5.91 Å². The minimum Gasteiger partial charge on any atom is -0.382 e. The molecule has 4 aromatic rings. The highest BCUT2D eigenvalue weighted by Crippen LogP contribution is 2.44.